The zero-order valence-electron chi connectivity index (χ0n) is 13.9. The van der Waals surface area contributed by atoms with E-state index in [-0.39, 0.29) is 12.1 Å². The molecule has 2 unspecified atom stereocenters. The molecule has 1 aromatic rings. The van der Waals surface area contributed by atoms with E-state index >= 15 is 0 Å². The zero-order chi connectivity index (χ0) is 16.2. The first-order valence-corrected chi connectivity index (χ1v) is 8.13. The highest BCUT2D eigenvalue weighted by Crippen LogP contribution is 2.29. The molecule has 1 aliphatic carbocycles. The third-order valence-electron chi connectivity index (χ3n) is 4.28. The summed E-state index contributed by atoms with van der Waals surface area (Å²) in [6, 6.07) is 10.6. The number of nitrogens with one attached hydrogen (secondary N) is 1. The number of nitrogens with zero attached hydrogens (tertiary/aromatic N) is 1. The molecule has 2 N–H and O–H groups in total. The lowest BCUT2D eigenvalue weighted by molar-refractivity contribution is 0.0525. The van der Waals surface area contributed by atoms with E-state index in [2.05, 4.69) is 29.6 Å². The van der Waals surface area contributed by atoms with Crippen LogP contribution < -0.4 is 5.32 Å². The summed E-state index contributed by atoms with van der Waals surface area (Å²) in [5.74, 6) is 0.502. The summed E-state index contributed by atoms with van der Waals surface area (Å²) in [4.78, 5) is 13.8. The predicted octanol–water partition coefficient (Wildman–Crippen LogP) is 2.81. The quantitative estimate of drug-likeness (QED) is 0.879. The molecule has 0 aromatic heterocycles. The largest absolute Gasteiger partial charge is 0.389 e. The van der Waals surface area contributed by atoms with Crippen LogP contribution in [0.4, 0.5) is 4.79 Å². The van der Waals surface area contributed by atoms with Crippen LogP contribution in [-0.4, -0.2) is 41.3 Å². The van der Waals surface area contributed by atoms with E-state index in [1.165, 1.54) is 5.56 Å². The lowest BCUT2D eigenvalue weighted by Crippen LogP contribution is -2.48. The second-order valence-electron chi connectivity index (χ2n) is 7.11. The third-order valence-corrected chi connectivity index (χ3v) is 4.28. The molecular weight excluding hydrogens is 276 g/mol. The van der Waals surface area contributed by atoms with Gasteiger partial charge in [0.05, 0.1) is 12.1 Å². The number of amides is 2. The molecule has 2 rings (SSSR count). The van der Waals surface area contributed by atoms with E-state index in [0.717, 1.165) is 25.7 Å². The first-order valence-electron chi connectivity index (χ1n) is 8.13. The molecule has 122 valence electrons. The molecule has 1 aromatic carbocycles. The Morgan fingerprint density at radius 1 is 1.32 bits per heavy atom. The van der Waals surface area contributed by atoms with Crippen LogP contribution in [0, 0.1) is 5.92 Å². The fraction of sp³-hybridized carbons (Fsp3) is 0.611. The molecule has 1 fully saturated rings. The molecule has 4 nitrogen and oxygen atoms in total. The predicted molar refractivity (Wildman–Crippen MR) is 88.7 cm³/mol. The monoisotopic (exact) mass is 304 g/mol. The second-order valence-corrected chi connectivity index (χ2v) is 7.11. The Morgan fingerprint density at radius 2 is 2.00 bits per heavy atom. The van der Waals surface area contributed by atoms with Crippen molar-refractivity contribution in [1.82, 2.24) is 10.2 Å². The minimum atomic E-state index is -0.870. The summed E-state index contributed by atoms with van der Waals surface area (Å²) in [5.41, 5.74) is 0.462. The standard InChI is InChI=1S/C18H28N2O2/c1-18(2,22)13-20(3)17(21)19-16-11-7-10-15(16)12-14-8-5-4-6-9-14/h4-6,8-9,15-16,22H,7,10-13H2,1-3H3,(H,19,21). The Hall–Kier alpha value is -1.55. The molecule has 0 radical (unpaired) electrons. The first-order chi connectivity index (χ1) is 10.3. The molecule has 2 amide bonds. The van der Waals surface area contributed by atoms with Crippen LogP contribution in [0.15, 0.2) is 30.3 Å². The number of hydrogen-bond acceptors (Lipinski definition) is 2. The van der Waals surface area contributed by atoms with Crippen molar-refractivity contribution in [3.05, 3.63) is 35.9 Å². The number of carbonyl (C=O) groups excluding carboxylic acids is 1. The number of hydrogen-bond donors (Lipinski definition) is 2. The smallest absolute Gasteiger partial charge is 0.317 e. The number of urea groups is 1. The molecule has 1 saturated carbocycles. The van der Waals surface area contributed by atoms with Crippen molar-refractivity contribution in [1.29, 1.82) is 0 Å². The highest BCUT2D eigenvalue weighted by molar-refractivity contribution is 5.74. The molecule has 0 aliphatic heterocycles. The van der Waals surface area contributed by atoms with E-state index in [0.29, 0.717) is 12.5 Å². The van der Waals surface area contributed by atoms with Crippen molar-refractivity contribution in [2.45, 2.75) is 51.2 Å². The average molecular weight is 304 g/mol. The van der Waals surface area contributed by atoms with Crippen LogP contribution in [0.3, 0.4) is 0 Å². The zero-order valence-corrected chi connectivity index (χ0v) is 13.9. The molecule has 0 heterocycles. The highest BCUT2D eigenvalue weighted by Gasteiger charge is 2.30. The summed E-state index contributed by atoms with van der Waals surface area (Å²) in [6.07, 6.45) is 4.38. The molecule has 0 spiro atoms. The number of likely N-dealkylation sites (N-methyl/N-ethyl adjacent to an activating group) is 1. The summed E-state index contributed by atoms with van der Waals surface area (Å²) in [7, 11) is 1.73. The van der Waals surface area contributed by atoms with Gasteiger partial charge in [-0.25, -0.2) is 4.79 Å². The van der Waals surface area contributed by atoms with Gasteiger partial charge in [0.15, 0.2) is 0 Å². The molecule has 2 atom stereocenters. The fourth-order valence-corrected chi connectivity index (χ4v) is 3.31. The third kappa shape index (κ3) is 5.02. The van der Waals surface area contributed by atoms with Crippen LogP contribution in [0.2, 0.25) is 0 Å². The normalized spacial score (nSPS) is 21.6. The molecule has 0 bridgehead atoms. The first kappa shape index (κ1) is 16.8. The molecular formula is C18H28N2O2. The van der Waals surface area contributed by atoms with Gasteiger partial charge in [-0.2, -0.15) is 0 Å². The van der Waals surface area contributed by atoms with Crippen LogP contribution >= 0.6 is 0 Å². The van der Waals surface area contributed by atoms with Gasteiger partial charge in [0.1, 0.15) is 0 Å². The minimum absolute atomic E-state index is 0.0907. The maximum Gasteiger partial charge on any atom is 0.317 e. The van der Waals surface area contributed by atoms with Gasteiger partial charge in [-0.05, 0) is 44.6 Å². The van der Waals surface area contributed by atoms with Gasteiger partial charge in [0, 0.05) is 13.1 Å². The maximum absolute atomic E-state index is 12.3. The van der Waals surface area contributed by atoms with Crippen molar-refractivity contribution >= 4 is 6.03 Å². The highest BCUT2D eigenvalue weighted by atomic mass is 16.3. The van der Waals surface area contributed by atoms with E-state index in [4.69, 9.17) is 0 Å². The lowest BCUT2D eigenvalue weighted by atomic mass is 9.95. The van der Waals surface area contributed by atoms with Gasteiger partial charge in [-0.15, -0.1) is 0 Å². The second kappa shape index (κ2) is 7.14. The molecule has 1 aliphatic rings. The number of carbonyl (C=O) groups is 1. The number of benzene rings is 1. The van der Waals surface area contributed by atoms with Gasteiger partial charge >= 0.3 is 6.03 Å². The van der Waals surface area contributed by atoms with Crippen LogP contribution in [0.5, 0.6) is 0 Å². The van der Waals surface area contributed by atoms with Gasteiger partial charge in [-0.1, -0.05) is 36.8 Å². The lowest BCUT2D eigenvalue weighted by Gasteiger charge is -2.28. The SMILES string of the molecule is CN(CC(C)(C)O)C(=O)NC1CCCC1Cc1ccccc1. The van der Waals surface area contributed by atoms with Crippen molar-refractivity contribution in [2.24, 2.45) is 5.92 Å². The van der Waals surface area contributed by atoms with Crippen molar-refractivity contribution in [3.63, 3.8) is 0 Å². The summed E-state index contributed by atoms with van der Waals surface area (Å²) in [5, 5.41) is 13.0. The Labute approximate surface area is 133 Å². The molecule has 22 heavy (non-hydrogen) atoms. The van der Waals surface area contributed by atoms with Crippen molar-refractivity contribution in [3.8, 4) is 0 Å². The summed E-state index contributed by atoms with van der Waals surface area (Å²) in [6.45, 7) is 3.75. The number of aliphatic hydroxyl groups is 1. The summed E-state index contributed by atoms with van der Waals surface area (Å²) >= 11 is 0. The van der Waals surface area contributed by atoms with Crippen LogP contribution in [0.1, 0.15) is 38.7 Å². The van der Waals surface area contributed by atoms with E-state index < -0.39 is 5.60 Å². The topological polar surface area (TPSA) is 52.6 Å². The van der Waals surface area contributed by atoms with Crippen LogP contribution in [0.25, 0.3) is 0 Å². The van der Waals surface area contributed by atoms with E-state index in [9.17, 15) is 9.90 Å². The molecule has 4 heteroatoms. The Bertz CT molecular complexity index is 482. The summed E-state index contributed by atoms with van der Waals surface area (Å²) < 4.78 is 0. The van der Waals surface area contributed by atoms with E-state index in [1.807, 2.05) is 6.07 Å². The number of rotatable bonds is 5. The Kier molecular flexibility index (Phi) is 5.46. The van der Waals surface area contributed by atoms with Crippen molar-refractivity contribution in [2.75, 3.05) is 13.6 Å². The van der Waals surface area contributed by atoms with Crippen LogP contribution in [-0.2, 0) is 6.42 Å². The van der Waals surface area contributed by atoms with Gasteiger partial charge < -0.3 is 15.3 Å². The Balaban J connectivity index is 1.89. The minimum Gasteiger partial charge on any atom is -0.389 e. The maximum atomic E-state index is 12.3. The van der Waals surface area contributed by atoms with Gasteiger partial charge in [-0.3, -0.25) is 0 Å². The van der Waals surface area contributed by atoms with Crippen molar-refractivity contribution < 1.29 is 9.90 Å². The van der Waals surface area contributed by atoms with E-state index in [1.54, 1.807) is 25.8 Å². The average Bonchev–Trinajstić information content (AvgIpc) is 2.85. The fourth-order valence-electron chi connectivity index (χ4n) is 3.31. The van der Waals surface area contributed by atoms with Gasteiger partial charge in [0.25, 0.3) is 0 Å². The molecule has 0 saturated heterocycles. The Morgan fingerprint density at radius 3 is 2.64 bits per heavy atom. The van der Waals surface area contributed by atoms with Gasteiger partial charge in [0.2, 0.25) is 0 Å².